The fourth-order valence-corrected chi connectivity index (χ4v) is 1.31. The average molecular weight is 255 g/mol. The van der Waals surface area contributed by atoms with Crippen molar-refractivity contribution in [3.63, 3.8) is 0 Å². The number of hydrogen-bond acceptors (Lipinski definition) is 5. The number of hydrogen-bond donors (Lipinski definition) is 2. The highest BCUT2D eigenvalue weighted by molar-refractivity contribution is 5.83. The van der Waals surface area contributed by atoms with Gasteiger partial charge in [-0.15, -0.1) is 0 Å². The van der Waals surface area contributed by atoms with Crippen molar-refractivity contribution in [2.75, 3.05) is 0 Å². The molecule has 1 atom stereocenters. The van der Waals surface area contributed by atoms with Crippen molar-refractivity contribution in [3.8, 4) is 0 Å². The fourth-order valence-electron chi connectivity index (χ4n) is 1.31. The summed E-state index contributed by atoms with van der Waals surface area (Å²) in [5, 5.41) is 14.7. The van der Waals surface area contributed by atoms with Crippen LogP contribution in [0.5, 0.6) is 0 Å². The first-order chi connectivity index (χ1) is 8.52. The second-order valence-corrected chi connectivity index (χ2v) is 3.98. The lowest BCUT2D eigenvalue weighted by atomic mass is 10.2. The highest BCUT2D eigenvalue weighted by atomic mass is 16.5. The first-order valence-corrected chi connectivity index (χ1v) is 5.86. The zero-order valence-electron chi connectivity index (χ0n) is 10.5. The predicted molar refractivity (Wildman–Crippen MR) is 61.9 cm³/mol. The van der Waals surface area contributed by atoms with Crippen LogP contribution in [0.4, 0.5) is 0 Å². The number of aliphatic carboxylic acids is 1. The van der Waals surface area contributed by atoms with Gasteiger partial charge in [-0.1, -0.05) is 12.1 Å². The number of amides is 1. The van der Waals surface area contributed by atoms with E-state index in [0.29, 0.717) is 18.1 Å². The van der Waals surface area contributed by atoms with E-state index in [1.165, 1.54) is 6.92 Å². The van der Waals surface area contributed by atoms with Crippen molar-refractivity contribution < 1.29 is 19.2 Å². The molecule has 7 heteroatoms. The fraction of sp³-hybridized carbons (Fsp3) is 0.636. The first-order valence-electron chi connectivity index (χ1n) is 5.86. The molecule has 0 aromatic carbocycles. The van der Waals surface area contributed by atoms with Crippen LogP contribution in [0, 0.1) is 0 Å². The summed E-state index contributed by atoms with van der Waals surface area (Å²) in [6.07, 6.45) is 2.11. The number of nitrogens with zero attached hydrogens (tertiary/aromatic N) is 2. The van der Waals surface area contributed by atoms with Crippen molar-refractivity contribution in [2.45, 2.75) is 45.6 Å². The molecule has 0 bridgehead atoms. The Labute approximate surface area is 105 Å². The van der Waals surface area contributed by atoms with Gasteiger partial charge in [0.25, 0.3) is 0 Å². The van der Waals surface area contributed by atoms with Gasteiger partial charge in [0, 0.05) is 19.3 Å². The SMILES string of the molecule is CCCc1noc(CCC(=O)N[C@H](C)C(=O)O)n1. The summed E-state index contributed by atoms with van der Waals surface area (Å²) in [6, 6.07) is -0.893. The van der Waals surface area contributed by atoms with Crippen LogP contribution in [-0.2, 0) is 22.4 Å². The van der Waals surface area contributed by atoms with E-state index in [1.807, 2.05) is 6.92 Å². The van der Waals surface area contributed by atoms with Crippen LogP contribution in [0.25, 0.3) is 0 Å². The molecule has 0 aliphatic rings. The maximum atomic E-state index is 11.4. The Kier molecular flexibility index (Phi) is 5.29. The van der Waals surface area contributed by atoms with Gasteiger partial charge in [0.2, 0.25) is 11.8 Å². The molecule has 0 radical (unpaired) electrons. The van der Waals surface area contributed by atoms with Crippen LogP contribution in [0.2, 0.25) is 0 Å². The minimum Gasteiger partial charge on any atom is -0.480 e. The molecular weight excluding hydrogens is 238 g/mol. The molecule has 0 unspecified atom stereocenters. The van der Waals surface area contributed by atoms with Crippen LogP contribution in [0.15, 0.2) is 4.52 Å². The van der Waals surface area contributed by atoms with Crippen LogP contribution in [0.1, 0.15) is 38.4 Å². The zero-order chi connectivity index (χ0) is 13.5. The number of carbonyl (C=O) groups is 2. The standard InChI is InChI=1S/C11H17N3O4/c1-3-4-8-13-10(18-14-8)6-5-9(15)12-7(2)11(16)17/h7H,3-6H2,1-2H3,(H,12,15)(H,16,17)/t7-/m1/s1. The molecule has 0 saturated heterocycles. The molecule has 1 rings (SSSR count). The molecule has 0 fully saturated rings. The Balaban J connectivity index is 2.35. The second-order valence-electron chi connectivity index (χ2n) is 3.98. The summed E-state index contributed by atoms with van der Waals surface area (Å²) in [7, 11) is 0. The van der Waals surface area contributed by atoms with Crippen molar-refractivity contribution in [1.29, 1.82) is 0 Å². The molecule has 1 aromatic heterocycles. The van der Waals surface area contributed by atoms with Crippen LogP contribution < -0.4 is 5.32 Å². The van der Waals surface area contributed by atoms with Gasteiger partial charge >= 0.3 is 5.97 Å². The highest BCUT2D eigenvalue weighted by Gasteiger charge is 2.14. The number of aryl methyl sites for hydroxylation is 2. The summed E-state index contributed by atoms with van der Waals surface area (Å²) in [4.78, 5) is 26.0. The van der Waals surface area contributed by atoms with Crippen LogP contribution >= 0.6 is 0 Å². The Morgan fingerprint density at radius 1 is 1.44 bits per heavy atom. The third-order valence-corrected chi connectivity index (χ3v) is 2.30. The third-order valence-electron chi connectivity index (χ3n) is 2.30. The average Bonchev–Trinajstić information content (AvgIpc) is 2.74. The van der Waals surface area contributed by atoms with Gasteiger partial charge in [0.05, 0.1) is 0 Å². The summed E-state index contributed by atoms with van der Waals surface area (Å²) in [6.45, 7) is 3.42. The summed E-state index contributed by atoms with van der Waals surface area (Å²) >= 11 is 0. The smallest absolute Gasteiger partial charge is 0.325 e. The van der Waals surface area contributed by atoms with E-state index < -0.39 is 12.0 Å². The van der Waals surface area contributed by atoms with E-state index in [0.717, 1.165) is 12.8 Å². The Morgan fingerprint density at radius 3 is 2.78 bits per heavy atom. The first kappa shape index (κ1) is 14.1. The van der Waals surface area contributed by atoms with E-state index in [9.17, 15) is 9.59 Å². The maximum Gasteiger partial charge on any atom is 0.325 e. The third kappa shape index (κ3) is 4.52. The second kappa shape index (κ2) is 6.73. The summed E-state index contributed by atoms with van der Waals surface area (Å²) in [5.74, 6) is -0.380. The molecular formula is C11H17N3O4. The molecule has 7 nitrogen and oxygen atoms in total. The van der Waals surface area contributed by atoms with Gasteiger partial charge in [-0.25, -0.2) is 0 Å². The number of carboxylic acids is 1. The Morgan fingerprint density at radius 2 is 2.17 bits per heavy atom. The number of carbonyl (C=O) groups excluding carboxylic acids is 1. The van der Waals surface area contributed by atoms with Crippen LogP contribution in [-0.4, -0.2) is 33.2 Å². The number of aromatic nitrogens is 2. The lowest BCUT2D eigenvalue weighted by Gasteiger charge is -2.07. The van der Waals surface area contributed by atoms with Gasteiger partial charge in [0.1, 0.15) is 6.04 Å². The minimum atomic E-state index is -1.06. The van der Waals surface area contributed by atoms with Crippen molar-refractivity contribution in [1.82, 2.24) is 15.5 Å². The van der Waals surface area contributed by atoms with Crippen LogP contribution in [0.3, 0.4) is 0 Å². The van der Waals surface area contributed by atoms with E-state index in [2.05, 4.69) is 15.5 Å². The molecule has 1 aromatic rings. The van der Waals surface area contributed by atoms with E-state index in [4.69, 9.17) is 9.63 Å². The lowest BCUT2D eigenvalue weighted by molar-refractivity contribution is -0.141. The normalized spacial score (nSPS) is 12.1. The Hall–Kier alpha value is -1.92. The van der Waals surface area contributed by atoms with E-state index in [-0.39, 0.29) is 12.3 Å². The molecule has 0 aliphatic heterocycles. The van der Waals surface area contributed by atoms with Gasteiger partial charge in [-0.05, 0) is 13.3 Å². The quantitative estimate of drug-likeness (QED) is 0.736. The molecule has 1 amide bonds. The number of rotatable bonds is 7. The zero-order valence-corrected chi connectivity index (χ0v) is 10.5. The monoisotopic (exact) mass is 255 g/mol. The molecule has 0 spiro atoms. The Bertz CT molecular complexity index is 416. The molecule has 1 heterocycles. The maximum absolute atomic E-state index is 11.4. The molecule has 100 valence electrons. The largest absolute Gasteiger partial charge is 0.480 e. The predicted octanol–water partition coefficient (Wildman–Crippen LogP) is 0.544. The highest BCUT2D eigenvalue weighted by Crippen LogP contribution is 2.03. The number of carboxylic acid groups (broad SMARTS) is 1. The van der Waals surface area contributed by atoms with Crippen molar-refractivity contribution >= 4 is 11.9 Å². The molecule has 0 saturated carbocycles. The van der Waals surface area contributed by atoms with Crippen molar-refractivity contribution in [3.05, 3.63) is 11.7 Å². The van der Waals surface area contributed by atoms with Gasteiger partial charge in [0.15, 0.2) is 5.82 Å². The lowest BCUT2D eigenvalue weighted by Crippen LogP contribution is -2.38. The number of nitrogens with one attached hydrogen (secondary N) is 1. The molecule has 2 N–H and O–H groups in total. The minimum absolute atomic E-state index is 0.130. The summed E-state index contributed by atoms with van der Waals surface area (Å²) < 4.78 is 4.96. The van der Waals surface area contributed by atoms with E-state index >= 15 is 0 Å². The van der Waals surface area contributed by atoms with E-state index in [1.54, 1.807) is 0 Å². The molecule has 0 aliphatic carbocycles. The summed E-state index contributed by atoms with van der Waals surface area (Å²) in [5.41, 5.74) is 0. The topological polar surface area (TPSA) is 105 Å². The van der Waals surface area contributed by atoms with Crippen molar-refractivity contribution in [2.24, 2.45) is 0 Å². The van der Waals surface area contributed by atoms with Gasteiger partial charge in [-0.2, -0.15) is 4.98 Å². The van der Waals surface area contributed by atoms with Gasteiger partial charge < -0.3 is 14.9 Å². The molecule has 18 heavy (non-hydrogen) atoms. The van der Waals surface area contributed by atoms with Gasteiger partial charge in [-0.3, -0.25) is 9.59 Å².